The normalized spacial score (nSPS) is 17.7. The van der Waals surface area contributed by atoms with E-state index in [0.29, 0.717) is 28.7 Å². The lowest BCUT2D eigenvalue weighted by atomic mass is 9.88. The number of amides is 1. The number of aromatic nitrogens is 3. The van der Waals surface area contributed by atoms with Crippen LogP contribution in [0.5, 0.6) is 5.75 Å². The van der Waals surface area contributed by atoms with E-state index >= 15 is 0 Å². The van der Waals surface area contributed by atoms with E-state index in [2.05, 4.69) is 31.5 Å². The molecule has 2 aromatic heterocycles. The summed E-state index contributed by atoms with van der Waals surface area (Å²) in [5.41, 5.74) is 2.70. The maximum absolute atomic E-state index is 13.2. The number of phenolic OH excluding ortho intramolecular Hbond substituents is 1. The van der Waals surface area contributed by atoms with Crippen molar-refractivity contribution in [1.29, 1.82) is 0 Å². The zero-order valence-corrected chi connectivity index (χ0v) is 23.6. The Bertz CT molecular complexity index is 1620. The van der Waals surface area contributed by atoms with Gasteiger partial charge in [0.2, 0.25) is 5.78 Å². The van der Waals surface area contributed by atoms with E-state index in [-0.39, 0.29) is 29.4 Å². The predicted molar refractivity (Wildman–Crippen MR) is 151 cm³/mol. The van der Waals surface area contributed by atoms with Crippen molar-refractivity contribution >= 4 is 49.7 Å². The number of halogens is 1. The van der Waals surface area contributed by atoms with Crippen LogP contribution in [0.3, 0.4) is 0 Å². The van der Waals surface area contributed by atoms with Gasteiger partial charge in [-0.2, -0.15) is 4.98 Å². The van der Waals surface area contributed by atoms with Gasteiger partial charge in [0.05, 0.1) is 21.9 Å². The number of benzene rings is 2. The third kappa shape index (κ3) is 4.25. The van der Waals surface area contributed by atoms with Crippen LogP contribution in [0.2, 0.25) is 0 Å². The Morgan fingerprint density at radius 1 is 1.05 bits per heavy atom. The van der Waals surface area contributed by atoms with E-state index in [1.54, 1.807) is 4.90 Å². The maximum atomic E-state index is 13.2. The lowest BCUT2D eigenvalue weighted by Gasteiger charge is -2.33. The van der Waals surface area contributed by atoms with Gasteiger partial charge in [-0.15, -0.1) is 0 Å². The molecule has 6 rings (SSSR count). The van der Waals surface area contributed by atoms with Gasteiger partial charge in [-0.25, -0.2) is 4.79 Å². The van der Waals surface area contributed by atoms with E-state index in [4.69, 9.17) is 4.74 Å². The van der Waals surface area contributed by atoms with Crippen molar-refractivity contribution < 1.29 is 14.6 Å². The summed E-state index contributed by atoms with van der Waals surface area (Å²) < 4.78 is 10.5. The molecule has 38 heavy (non-hydrogen) atoms. The molecule has 0 bridgehead atoms. The van der Waals surface area contributed by atoms with Crippen molar-refractivity contribution in [3.63, 3.8) is 0 Å². The van der Waals surface area contributed by atoms with Crippen molar-refractivity contribution in [3.05, 3.63) is 50.7 Å². The van der Waals surface area contributed by atoms with E-state index in [1.165, 1.54) is 0 Å². The number of imidazole rings is 1. The van der Waals surface area contributed by atoms with Crippen LogP contribution >= 0.6 is 15.9 Å². The number of carbonyl (C=O) groups excluding carboxylic acids is 1. The molecule has 0 radical (unpaired) electrons. The molecule has 200 valence electrons. The molecule has 1 saturated carbocycles. The van der Waals surface area contributed by atoms with Gasteiger partial charge in [0.25, 0.3) is 5.56 Å². The molecule has 2 fully saturated rings. The molecule has 0 spiro atoms. The number of aromatic hydroxyl groups is 1. The standard InChI is InChI=1S/C29H33BrN4O4/c1-29(2,3)38-28(37)32-13-11-17(12-14-32)19-15-22-23(16-24(19)35)34-21-10-6-9-20(30)25(21)26(36)31-27(34)33(22)18-7-4-5-8-18/h6,9-10,15-18,35H,4-5,7-8,11-14H2,1-3H3. The van der Waals surface area contributed by atoms with Gasteiger partial charge in [-0.05, 0) is 92.1 Å². The molecule has 0 unspecified atom stereocenters. The summed E-state index contributed by atoms with van der Waals surface area (Å²) in [6.07, 6.45) is 5.57. The SMILES string of the molecule is CC(C)(C)OC(=O)N1CCC(c2cc3c(cc2O)n2c4cccc(Br)c4c(=O)nc2n3C2CCCC2)CC1. The first kappa shape index (κ1) is 25.2. The van der Waals surface area contributed by atoms with Crippen molar-refractivity contribution in [2.24, 2.45) is 0 Å². The first-order valence-corrected chi connectivity index (χ1v) is 14.3. The van der Waals surface area contributed by atoms with Crippen LogP contribution < -0.4 is 5.56 Å². The fourth-order valence-corrected chi connectivity index (χ4v) is 6.75. The van der Waals surface area contributed by atoms with Crippen molar-refractivity contribution in [3.8, 4) is 5.75 Å². The Kier molecular flexibility index (Phi) is 6.17. The molecular formula is C29H33BrN4O4. The summed E-state index contributed by atoms with van der Waals surface area (Å²) in [7, 11) is 0. The van der Waals surface area contributed by atoms with E-state index in [9.17, 15) is 14.7 Å². The van der Waals surface area contributed by atoms with Crippen LogP contribution in [-0.4, -0.2) is 48.7 Å². The second-order valence-electron chi connectivity index (χ2n) is 11.6. The Labute approximate surface area is 229 Å². The molecule has 4 aromatic rings. The van der Waals surface area contributed by atoms with Gasteiger partial charge >= 0.3 is 6.09 Å². The number of nitrogens with zero attached hydrogens (tertiary/aromatic N) is 4. The van der Waals surface area contributed by atoms with E-state index in [1.807, 2.05) is 49.4 Å². The van der Waals surface area contributed by atoms with E-state index < -0.39 is 5.60 Å². The second-order valence-corrected chi connectivity index (χ2v) is 12.5. The minimum atomic E-state index is -0.527. The lowest BCUT2D eigenvalue weighted by molar-refractivity contribution is 0.0204. The third-order valence-corrected chi connectivity index (χ3v) is 8.62. The minimum absolute atomic E-state index is 0.118. The molecule has 1 aliphatic carbocycles. The monoisotopic (exact) mass is 580 g/mol. The predicted octanol–water partition coefficient (Wildman–Crippen LogP) is 6.50. The molecule has 9 heteroatoms. The average molecular weight is 582 g/mol. The molecule has 1 saturated heterocycles. The highest BCUT2D eigenvalue weighted by Gasteiger charge is 2.31. The highest BCUT2D eigenvalue weighted by atomic mass is 79.9. The van der Waals surface area contributed by atoms with Gasteiger partial charge < -0.3 is 19.3 Å². The van der Waals surface area contributed by atoms with E-state index in [0.717, 1.165) is 60.6 Å². The Balaban J connectivity index is 1.46. The van der Waals surface area contributed by atoms with Gasteiger partial charge in [0, 0.05) is 29.7 Å². The number of rotatable bonds is 2. The van der Waals surface area contributed by atoms with Crippen LogP contribution in [0, 0.1) is 0 Å². The largest absolute Gasteiger partial charge is 0.508 e. The van der Waals surface area contributed by atoms with Gasteiger partial charge in [0.1, 0.15) is 11.4 Å². The molecule has 1 amide bonds. The zero-order chi connectivity index (χ0) is 26.8. The molecule has 2 aromatic carbocycles. The Morgan fingerprint density at radius 3 is 2.45 bits per heavy atom. The van der Waals surface area contributed by atoms with Crippen molar-refractivity contribution in [2.45, 2.75) is 76.9 Å². The molecule has 3 heterocycles. The van der Waals surface area contributed by atoms with Gasteiger partial charge in [-0.3, -0.25) is 9.20 Å². The fourth-order valence-electron chi connectivity index (χ4n) is 6.23. The summed E-state index contributed by atoms with van der Waals surface area (Å²) in [6.45, 7) is 6.78. The molecule has 1 aliphatic heterocycles. The van der Waals surface area contributed by atoms with Crippen LogP contribution in [-0.2, 0) is 4.74 Å². The molecule has 1 N–H and O–H groups in total. The van der Waals surface area contributed by atoms with Crippen LogP contribution in [0.4, 0.5) is 4.79 Å². The number of hydrogen-bond acceptors (Lipinski definition) is 5. The zero-order valence-electron chi connectivity index (χ0n) is 22.0. The van der Waals surface area contributed by atoms with Crippen LogP contribution in [0.25, 0.3) is 27.7 Å². The Hall–Kier alpha value is -3.07. The van der Waals surface area contributed by atoms with Crippen LogP contribution in [0.1, 0.15) is 76.8 Å². The summed E-state index contributed by atoms with van der Waals surface area (Å²) in [5.74, 6) is 0.978. The number of carbonyl (C=O) groups is 1. The summed E-state index contributed by atoms with van der Waals surface area (Å²) in [6, 6.07) is 9.89. The lowest BCUT2D eigenvalue weighted by Crippen LogP contribution is -2.41. The van der Waals surface area contributed by atoms with Crippen LogP contribution in [0.15, 0.2) is 39.6 Å². The maximum Gasteiger partial charge on any atom is 0.410 e. The minimum Gasteiger partial charge on any atom is -0.508 e. The topological polar surface area (TPSA) is 89.1 Å². The first-order valence-electron chi connectivity index (χ1n) is 13.5. The smallest absolute Gasteiger partial charge is 0.410 e. The van der Waals surface area contributed by atoms with Crippen molar-refractivity contribution in [2.75, 3.05) is 13.1 Å². The average Bonchev–Trinajstić information content (AvgIpc) is 3.48. The quantitative estimate of drug-likeness (QED) is 0.292. The Morgan fingerprint density at radius 2 is 1.76 bits per heavy atom. The number of likely N-dealkylation sites (tertiary alicyclic amines) is 1. The fraction of sp³-hybridized carbons (Fsp3) is 0.483. The van der Waals surface area contributed by atoms with Gasteiger partial charge in [0.15, 0.2) is 0 Å². The molecule has 8 nitrogen and oxygen atoms in total. The third-order valence-electron chi connectivity index (χ3n) is 7.96. The first-order chi connectivity index (χ1) is 18.1. The molecule has 0 atom stereocenters. The molecular weight excluding hydrogens is 548 g/mol. The van der Waals surface area contributed by atoms with Crippen molar-refractivity contribution in [1.82, 2.24) is 18.9 Å². The second kappa shape index (κ2) is 9.29. The highest BCUT2D eigenvalue weighted by molar-refractivity contribution is 9.10. The molecule has 2 aliphatic rings. The number of ether oxygens (including phenoxy) is 1. The van der Waals surface area contributed by atoms with Gasteiger partial charge in [-0.1, -0.05) is 18.9 Å². The summed E-state index contributed by atoms with van der Waals surface area (Å²) in [5, 5.41) is 11.8. The summed E-state index contributed by atoms with van der Waals surface area (Å²) >= 11 is 3.53. The highest BCUT2D eigenvalue weighted by Crippen LogP contribution is 2.41. The summed E-state index contributed by atoms with van der Waals surface area (Å²) in [4.78, 5) is 32.0. The number of hydrogen-bond donors (Lipinski definition) is 1. The number of phenols is 1. The number of fused-ring (bicyclic) bond motifs is 5. The number of piperidine rings is 1.